The van der Waals surface area contributed by atoms with E-state index < -0.39 is 0 Å². The number of hydrogen-bond donors (Lipinski definition) is 1. The molecule has 0 aliphatic carbocycles. The van der Waals surface area contributed by atoms with Gasteiger partial charge in [0, 0.05) is 23.0 Å². The summed E-state index contributed by atoms with van der Waals surface area (Å²) < 4.78 is 5.41. The molecule has 4 nitrogen and oxygen atoms in total. The van der Waals surface area contributed by atoms with Gasteiger partial charge in [0.2, 0.25) is 0 Å². The van der Waals surface area contributed by atoms with Crippen LogP contribution < -0.4 is 4.74 Å². The van der Waals surface area contributed by atoms with Crippen LogP contribution in [-0.2, 0) is 0 Å². The molecule has 1 fully saturated rings. The van der Waals surface area contributed by atoms with E-state index in [4.69, 9.17) is 4.74 Å². The van der Waals surface area contributed by atoms with E-state index in [9.17, 15) is 4.79 Å². The number of nitrogens with zero attached hydrogens (tertiary/aromatic N) is 1. The number of likely N-dealkylation sites (tertiary alicyclic amines) is 1. The van der Waals surface area contributed by atoms with Crippen molar-refractivity contribution in [2.24, 2.45) is 11.8 Å². The molecular weight excluding hydrogens is 300 g/mol. The predicted molar refractivity (Wildman–Crippen MR) is 97.5 cm³/mol. The van der Waals surface area contributed by atoms with Crippen molar-refractivity contribution in [1.29, 1.82) is 0 Å². The quantitative estimate of drug-likeness (QED) is 0.880. The van der Waals surface area contributed by atoms with E-state index in [2.05, 4.69) is 37.6 Å². The fraction of sp³-hybridized carbons (Fsp3) is 0.550. The first-order valence-corrected chi connectivity index (χ1v) is 8.97. The summed E-state index contributed by atoms with van der Waals surface area (Å²) in [5.41, 5.74) is 1.58. The molecule has 0 radical (unpaired) electrons. The zero-order chi connectivity index (χ0) is 17.5. The molecule has 4 heteroatoms. The zero-order valence-corrected chi connectivity index (χ0v) is 15.3. The van der Waals surface area contributed by atoms with Gasteiger partial charge >= 0.3 is 0 Å². The minimum Gasteiger partial charge on any atom is -0.496 e. The SMILES string of the molecule is CCC1CN(C(=O)c2cc3c(OC)cccc3[nH]2)C1(CC)C(C)C. The number of ether oxygens (including phenoxy) is 1. The van der Waals surface area contributed by atoms with Gasteiger partial charge in [-0.25, -0.2) is 0 Å². The van der Waals surface area contributed by atoms with Gasteiger partial charge in [-0.2, -0.15) is 0 Å². The first-order valence-electron chi connectivity index (χ1n) is 8.97. The minimum atomic E-state index is -0.0206. The molecule has 2 heterocycles. The second-order valence-electron chi connectivity index (χ2n) is 7.12. The number of benzene rings is 1. The standard InChI is InChI=1S/C20H28N2O2/c1-6-14-12-22(20(14,7-2)13(3)4)19(23)17-11-15-16(21-17)9-8-10-18(15)24-5/h8-11,13-14,21H,6-7,12H2,1-5H3. The van der Waals surface area contributed by atoms with Crippen LogP contribution >= 0.6 is 0 Å². The highest BCUT2D eigenvalue weighted by atomic mass is 16.5. The molecular formula is C20H28N2O2. The molecule has 1 aromatic heterocycles. The third-order valence-electron chi connectivity index (χ3n) is 5.99. The van der Waals surface area contributed by atoms with Gasteiger partial charge < -0.3 is 14.6 Å². The van der Waals surface area contributed by atoms with Crippen LogP contribution in [0.5, 0.6) is 5.75 Å². The Morgan fingerprint density at radius 3 is 2.75 bits per heavy atom. The third-order valence-corrected chi connectivity index (χ3v) is 5.99. The molecule has 0 spiro atoms. The van der Waals surface area contributed by atoms with Crippen molar-refractivity contribution in [3.63, 3.8) is 0 Å². The average molecular weight is 328 g/mol. The van der Waals surface area contributed by atoms with E-state index in [0.29, 0.717) is 17.5 Å². The highest BCUT2D eigenvalue weighted by Gasteiger charge is 2.55. The van der Waals surface area contributed by atoms with Crippen molar-refractivity contribution >= 4 is 16.8 Å². The summed E-state index contributed by atoms with van der Waals surface area (Å²) in [6, 6.07) is 7.77. The fourth-order valence-electron chi connectivity index (χ4n) is 4.65. The molecule has 2 aromatic rings. The van der Waals surface area contributed by atoms with Gasteiger partial charge in [0.1, 0.15) is 11.4 Å². The van der Waals surface area contributed by atoms with Gasteiger partial charge in [-0.3, -0.25) is 4.79 Å². The van der Waals surface area contributed by atoms with Crippen LogP contribution in [0.2, 0.25) is 0 Å². The number of amides is 1. The number of aromatic nitrogens is 1. The summed E-state index contributed by atoms with van der Waals surface area (Å²) in [6.45, 7) is 9.76. The molecule has 1 saturated heterocycles. The van der Waals surface area contributed by atoms with Gasteiger partial charge in [-0.05, 0) is 42.9 Å². The van der Waals surface area contributed by atoms with Gasteiger partial charge in [-0.1, -0.05) is 33.8 Å². The predicted octanol–water partition coefficient (Wildman–Crippen LogP) is 4.46. The Hall–Kier alpha value is -1.97. The molecule has 0 saturated carbocycles. The Morgan fingerprint density at radius 2 is 2.17 bits per heavy atom. The Kier molecular flexibility index (Phi) is 4.33. The molecule has 2 atom stereocenters. The number of rotatable bonds is 5. The number of aromatic amines is 1. The lowest BCUT2D eigenvalue weighted by atomic mass is 9.64. The Balaban J connectivity index is 1.97. The summed E-state index contributed by atoms with van der Waals surface area (Å²) in [4.78, 5) is 18.6. The van der Waals surface area contributed by atoms with E-state index in [0.717, 1.165) is 36.0 Å². The number of fused-ring (bicyclic) bond motifs is 1. The lowest BCUT2D eigenvalue weighted by Gasteiger charge is -2.61. The average Bonchev–Trinajstić information content (AvgIpc) is 2.98. The summed E-state index contributed by atoms with van der Waals surface area (Å²) in [6.07, 6.45) is 2.12. The van der Waals surface area contributed by atoms with Crippen LogP contribution in [0.4, 0.5) is 0 Å². The van der Waals surface area contributed by atoms with Crippen molar-refractivity contribution in [3.05, 3.63) is 30.0 Å². The Morgan fingerprint density at radius 1 is 1.42 bits per heavy atom. The molecule has 130 valence electrons. The summed E-state index contributed by atoms with van der Waals surface area (Å²) >= 11 is 0. The second kappa shape index (κ2) is 6.15. The highest BCUT2D eigenvalue weighted by molar-refractivity contribution is 6.00. The van der Waals surface area contributed by atoms with Crippen LogP contribution in [0.15, 0.2) is 24.3 Å². The maximum absolute atomic E-state index is 13.2. The van der Waals surface area contributed by atoms with Gasteiger partial charge in [0.05, 0.1) is 7.11 Å². The maximum Gasteiger partial charge on any atom is 0.270 e. The lowest BCUT2D eigenvalue weighted by molar-refractivity contribution is -0.0896. The zero-order valence-electron chi connectivity index (χ0n) is 15.3. The van der Waals surface area contributed by atoms with E-state index in [1.165, 1.54) is 0 Å². The molecule has 1 aliphatic rings. The van der Waals surface area contributed by atoms with E-state index in [1.54, 1.807) is 7.11 Å². The molecule has 2 unspecified atom stereocenters. The number of hydrogen-bond acceptors (Lipinski definition) is 2. The molecule has 1 N–H and O–H groups in total. The summed E-state index contributed by atoms with van der Waals surface area (Å²) in [5.74, 6) is 1.94. The number of nitrogens with one attached hydrogen (secondary N) is 1. The topological polar surface area (TPSA) is 45.3 Å². The summed E-state index contributed by atoms with van der Waals surface area (Å²) in [7, 11) is 1.66. The molecule has 1 aromatic carbocycles. The van der Waals surface area contributed by atoms with Gasteiger partial charge in [0.15, 0.2) is 0 Å². The van der Waals surface area contributed by atoms with Gasteiger partial charge in [0.25, 0.3) is 5.91 Å². The highest BCUT2D eigenvalue weighted by Crippen LogP contribution is 2.47. The molecule has 0 bridgehead atoms. The van der Waals surface area contributed by atoms with E-state index >= 15 is 0 Å². The first-order chi connectivity index (χ1) is 11.5. The lowest BCUT2D eigenvalue weighted by Crippen LogP contribution is -2.71. The third kappa shape index (κ3) is 2.23. The molecule has 3 rings (SSSR count). The smallest absolute Gasteiger partial charge is 0.270 e. The molecule has 24 heavy (non-hydrogen) atoms. The van der Waals surface area contributed by atoms with Crippen molar-refractivity contribution < 1.29 is 9.53 Å². The van der Waals surface area contributed by atoms with Crippen LogP contribution in [0.1, 0.15) is 51.0 Å². The molecule has 1 aliphatic heterocycles. The largest absolute Gasteiger partial charge is 0.496 e. The number of H-pyrrole nitrogens is 1. The molecule has 1 amide bonds. The Labute approximate surface area is 144 Å². The van der Waals surface area contributed by atoms with Crippen LogP contribution in [-0.4, -0.2) is 35.0 Å². The monoisotopic (exact) mass is 328 g/mol. The van der Waals surface area contributed by atoms with Gasteiger partial charge in [-0.15, -0.1) is 0 Å². The van der Waals surface area contributed by atoms with Crippen LogP contribution in [0.3, 0.4) is 0 Å². The van der Waals surface area contributed by atoms with Crippen LogP contribution in [0, 0.1) is 11.8 Å². The summed E-state index contributed by atoms with van der Waals surface area (Å²) in [5, 5.41) is 0.961. The first kappa shape index (κ1) is 16.9. The maximum atomic E-state index is 13.2. The van der Waals surface area contributed by atoms with Crippen molar-refractivity contribution in [3.8, 4) is 5.75 Å². The number of carbonyl (C=O) groups excluding carboxylic acids is 1. The normalized spacial score (nSPS) is 23.6. The van der Waals surface area contributed by atoms with E-state index in [-0.39, 0.29) is 11.4 Å². The Bertz CT molecular complexity index is 749. The van der Waals surface area contributed by atoms with Crippen molar-refractivity contribution in [1.82, 2.24) is 9.88 Å². The van der Waals surface area contributed by atoms with Crippen molar-refractivity contribution in [2.45, 2.75) is 46.1 Å². The minimum absolute atomic E-state index is 0.0206. The van der Waals surface area contributed by atoms with Crippen molar-refractivity contribution in [2.75, 3.05) is 13.7 Å². The number of carbonyl (C=O) groups is 1. The fourth-order valence-corrected chi connectivity index (χ4v) is 4.65. The van der Waals surface area contributed by atoms with Crippen LogP contribution in [0.25, 0.3) is 10.9 Å². The second-order valence-corrected chi connectivity index (χ2v) is 7.12. The number of methoxy groups -OCH3 is 1. The van der Waals surface area contributed by atoms with E-state index in [1.807, 2.05) is 24.3 Å².